The maximum Gasteiger partial charge on any atom is 0.287 e. The number of rotatable bonds is 5. The van der Waals surface area contributed by atoms with Gasteiger partial charge in [-0.1, -0.05) is 12.1 Å². The predicted molar refractivity (Wildman–Crippen MR) is 87.1 cm³/mol. The standard InChI is InChI=1S/C18H18FN3O2/c1-12-9-13(2)22(21-12)11-16-7-8-17(24-16)18(23)20-10-14-3-5-15(19)6-4-14/h3-9H,10-11H2,1-2H3,(H,20,23). The summed E-state index contributed by atoms with van der Waals surface area (Å²) in [4.78, 5) is 12.1. The number of carbonyl (C=O) groups is 1. The molecule has 0 spiro atoms. The van der Waals surface area contributed by atoms with E-state index in [4.69, 9.17) is 4.42 Å². The van der Waals surface area contributed by atoms with Crippen molar-refractivity contribution in [1.82, 2.24) is 15.1 Å². The third-order valence-electron chi connectivity index (χ3n) is 3.66. The fourth-order valence-corrected chi connectivity index (χ4v) is 2.44. The first-order valence-electron chi connectivity index (χ1n) is 7.63. The summed E-state index contributed by atoms with van der Waals surface area (Å²) >= 11 is 0. The minimum absolute atomic E-state index is 0.244. The molecular formula is C18H18FN3O2. The monoisotopic (exact) mass is 327 g/mol. The molecule has 3 aromatic rings. The van der Waals surface area contributed by atoms with Gasteiger partial charge in [-0.05, 0) is 49.7 Å². The third kappa shape index (κ3) is 3.71. The average molecular weight is 327 g/mol. The number of hydrogen-bond acceptors (Lipinski definition) is 3. The SMILES string of the molecule is Cc1cc(C)n(Cc2ccc(C(=O)NCc3ccc(F)cc3)o2)n1. The highest BCUT2D eigenvalue weighted by Gasteiger charge is 2.12. The van der Waals surface area contributed by atoms with Gasteiger partial charge >= 0.3 is 0 Å². The summed E-state index contributed by atoms with van der Waals surface area (Å²) in [5.41, 5.74) is 2.79. The molecule has 0 bridgehead atoms. The van der Waals surface area contributed by atoms with E-state index in [2.05, 4.69) is 10.4 Å². The van der Waals surface area contributed by atoms with E-state index in [0.29, 0.717) is 18.8 Å². The van der Waals surface area contributed by atoms with Crippen LogP contribution >= 0.6 is 0 Å². The van der Waals surface area contributed by atoms with Crippen molar-refractivity contribution in [3.63, 3.8) is 0 Å². The van der Waals surface area contributed by atoms with E-state index in [9.17, 15) is 9.18 Å². The van der Waals surface area contributed by atoms with Gasteiger partial charge < -0.3 is 9.73 Å². The Bertz CT molecular complexity index is 850. The molecule has 0 saturated heterocycles. The third-order valence-corrected chi connectivity index (χ3v) is 3.66. The quantitative estimate of drug-likeness (QED) is 0.783. The van der Waals surface area contributed by atoms with Gasteiger partial charge in [0.2, 0.25) is 0 Å². The van der Waals surface area contributed by atoms with E-state index in [1.807, 2.05) is 24.6 Å². The van der Waals surface area contributed by atoms with E-state index < -0.39 is 0 Å². The Morgan fingerprint density at radius 3 is 2.62 bits per heavy atom. The van der Waals surface area contributed by atoms with E-state index in [0.717, 1.165) is 17.0 Å². The molecule has 3 rings (SSSR count). The van der Waals surface area contributed by atoms with E-state index in [1.54, 1.807) is 24.3 Å². The molecule has 1 N–H and O–H groups in total. The van der Waals surface area contributed by atoms with Crippen molar-refractivity contribution in [2.24, 2.45) is 0 Å². The van der Waals surface area contributed by atoms with E-state index >= 15 is 0 Å². The summed E-state index contributed by atoms with van der Waals surface area (Å²) in [5.74, 6) is 0.297. The Morgan fingerprint density at radius 1 is 1.21 bits per heavy atom. The zero-order valence-electron chi connectivity index (χ0n) is 13.5. The number of benzene rings is 1. The van der Waals surface area contributed by atoms with Gasteiger partial charge in [0.1, 0.15) is 11.6 Å². The zero-order valence-corrected chi connectivity index (χ0v) is 13.5. The molecule has 0 radical (unpaired) electrons. The highest BCUT2D eigenvalue weighted by molar-refractivity contribution is 5.91. The van der Waals surface area contributed by atoms with E-state index in [1.165, 1.54) is 12.1 Å². The highest BCUT2D eigenvalue weighted by atomic mass is 19.1. The molecule has 2 heterocycles. The lowest BCUT2D eigenvalue weighted by molar-refractivity contribution is 0.0921. The van der Waals surface area contributed by atoms with Crippen LogP contribution in [0.5, 0.6) is 0 Å². The van der Waals surface area contributed by atoms with Crippen LogP contribution in [0.3, 0.4) is 0 Å². The van der Waals surface area contributed by atoms with Crippen molar-refractivity contribution in [3.05, 3.63) is 76.8 Å². The zero-order chi connectivity index (χ0) is 17.1. The summed E-state index contributed by atoms with van der Waals surface area (Å²) in [6.45, 7) is 4.69. The van der Waals surface area contributed by atoms with Crippen molar-refractivity contribution in [1.29, 1.82) is 0 Å². The summed E-state index contributed by atoms with van der Waals surface area (Å²) < 4.78 is 20.3. The topological polar surface area (TPSA) is 60.1 Å². The first kappa shape index (κ1) is 16.0. The number of amides is 1. The van der Waals surface area contributed by atoms with Crippen LogP contribution in [0, 0.1) is 19.7 Å². The number of aryl methyl sites for hydroxylation is 2. The molecular weight excluding hydrogens is 309 g/mol. The number of nitrogens with one attached hydrogen (secondary N) is 1. The fraction of sp³-hybridized carbons (Fsp3) is 0.222. The lowest BCUT2D eigenvalue weighted by atomic mass is 10.2. The Hall–Kier alpha value is -2.89. The molecule has 1 aromatic carbocycles. The van der Waals surface area contributed by atoms with Crippen LogP contribution in [0.15, 0.2) is 46.9 Å². The molecule has 0 aliphatic rings. The van der Waals surface area contributed by atoms with Crippen LogP contribution in [0.4, 0.5) is 4.39 Å². The molecule has 1 amide bonds. The summed E-state index contributed by atoms with van der Waals surface area (Å²) in [6, 6.07) is 11.4. The fourth-order valence-electron chi connectivity index (χ4n) is 2.44. The number of halogens is 1. The number of aromatic nitrogens is 2. The summed E-state index contributed by atoms with van der Waals surface area (Å²) in [5, 5.41) is 7.12. The van der Waals surface area contributed by atoms with Gasteiger partial charge in [0.25, 0.3) is 5.91 Å². The summed E-state index contributed by atoms with van der Waals surface area (Å²) in [7, 11) is 0. The molecule has 2 aromatic heterocycles. The molecule has 124 valence electrons. The van der Waals surface area contributed by atoms with Crippen molar-refractivity contribution in [2.75, 3.05) is 0 Å². The maximum absolute atomic E-state index is 12.9. The van der Waals surface area contributed by atoms with Crippen molar-refractivity contribution < 1.29 is 13.6 Å². The van der Waals surface area contributed by atoms with Crippen LogP contribution < -0.4 is 5.32 Å². The number of furan rings is 1. The van der Waals surface area contributed by atoms with Gasteiger partial charge in [-0.2, -0.15) is 5.10 Å². The van der Waals surface area contributed by atoms with Gasteiger partial charge in [0.15, 0.2) is 5.76 Å². The smallest absolute Gasteiger partial charge is 0.287 e. The molecule has 0 saturated carbocycles. The Labute approximate surface area is 139 Å². The lowest BCUT2D eigenvalue weighted by Crippen LogP contribution is -2.22. The van der Waals surface area contributed by atoms with Crippen molar-refractivity contribution in [3.8, 4) is 0 Å². The predicted octanol–water partition coefficient (Wildman–Crippen LogP) is 3.21. The minimum Gasteiger partial charge on any atom is -0.454 e. The minimum atomic E-state index is -0.307. The van der Waals surface area contributed by atoms with Gasteiger partial charge in [0, 0.05) is 12.2 Å². The summed E-state index contributed by atoms with van der Waals surface area (Å²) in [6.07, 6.45) is 0. The molecule has 5 nitrogen and oxygen atoms in total. The molecule has 0 aliphatic heterocycles. The van der Waals surface area contributed by atoms with Crippen LogP contribution in [0.2, 0.25) is 0 Å². The Balaban J connectivity index is 1.61. The first-order chi connectivity index (χ1) is 11.5. The van der Waals surface area contributed by atoms with Crippen LogP contribution in [0.1, 0.15) is 33.3 Å². The molecule has 0 unspecified atom stereocenters. The Kier molecular flexibility index (Phi) is 4.46. The molecule has 6 heteroatoms. The number of nitrogens with zero attached hydrogens (tertiary/aromatic N) is 2. The van der Waals surface area contributed by atoms with E-state index in [-0.39, 0.29) is 17.5 Å². The molecule has 24 heavy (non-hydrogen) atoms. The van der Waals surface area contributed by atoms with Gasteiger partial charge in [-0.3, -0.25) is 9.48 Å². The Morgan fingerprint density at radius 2 is 1.96 bits per heavy atom. The molecule has 0 fully saturated rings. The van der Waals surface area contributed by atoms with Crippen LogP contribution in [0.25, 0.3) is 0 Å². The highest BCUT2D eigenvalue weighted by Crippen LogP contribution is 2.12. The number of carbonyl (C=O) groups excluding carboxylic acids is 1. The maximum atomic E-state index is 12.9. The lowest BCUT2D eigenvalue weighted by Gasteiger charge is -2.04. The van der Waals surface area contributed by atoms with Gasteiger partial charge in [0.05, 0.1) is 12.2 Å². The molecule has 0 atom stereocenters. The van der Waals surface area contributed by atoms with Crippen molar-refractivity contribution >= 4 is 5.91 Å². The first-order valence-corrected chi connectivity index (χ1v) is 7.63. The second kappa shape index (κ2) is 6.70. The van der Waals surface area contributed by atoms with Crippen LogP contribution in [-0.4, -0.2) is 15.7 Å². The largest absolute Gasteiger partial charge is 0.454 e. The average Bonchev–Trinajstić information content (AvgIpc) is 3.13. The van der Waals surface area contributed by atoms with Gasteiger partial charge in [-0.15, -0.1) is 0 Å². The van der Waals surface area contributed by atoms with Crippen molar-refractivity contribution in [2.45, 2.75) is 26.9 Å². The van der Waals surface area contributed by atoms with Crippen LogP contribution in [-0.2, 0) is 13.1 Å². The van der Waals surface area contributed by atoms with Gasteiger partial charge in [-0.25, -0.2) is 4.39 Å². The normalized spacial score (nSPS) is 10.8. The second-order valence-electron chi connectivity index (χ2n) is 5.66. The second-order valence-corrected chi connectivity index (χ2v) is 5.66. The number of hydrogen-bond donors (Lipinski definition) is 1. The molecule has 0 aliphatic carbocycles.